The van der Waals surface area contributed by atoms with Crippen LogP contribution in [0.4, 0.5) is 0 Å². The van der Waals surface area contributed by atoms with E-state index in [-0.39, 0.29) is 23.8 Å². The molecule has 23 heavy (non-hydrogen) atoms. The SMILES string of the molecule is Cc1ccc(C(=O)N[C@H](C(=O)NC[C@H]2CCCO2)C(C)C)cc1. The van der Waals surface area contributed by atoms with E-state index < -0.39 is 6.04 Å². The monoisotopic (exact) mass is 318 g/mol. The second-order valence-corrected chi connectivity index (χ2v) is 6.44. The summed E-state index contributed by atoms with van der Waals surface area (Å²) in [7, 11) is 0. The van der Waals surface area contributed by atoms with Crippen LogP contribution in [-0.4, -0.2) is 37.1 Å². The molecule has 126 valence electrons. The standard InChI is InChI=1S/C18H26N2O3/c1-12(2)16(18(22)19-11-15-5-4-10-23-15)20-17(21)14-8-6-13(3)7-9-14/h6-9,12,15-16H,4-5,10-11H2,1-3H3,(H,19,22)(H,20,21)/t15-,16+/m1/s1. The zero-order chi connectivity index (χ0) is 16.8. The summed E-state index contributed by atoms with van der Waals surface area (Å²) in [6, 6.07) is 6.76. The van der Waals surface area contributed by atoms with Crippen molar-refractivity contribution in [1.29, 1.82) is 0 Å². The van der Waals surface area contributed by atoms with Gasteiger partial charge in [-0.25, -0.2) is 0 Å². The van der Waals surface area contributed by atoms with Gasteiger partial charge in [-0.15, -0.1) is 0 Å². The molecule has 0 radical (unpaired) electrons. The van der Waals surface area contributed by atoms with Crippen molar-refractivity contribution >= 4 is 11.8 Å². The third-order valence-corrected chi connectivity index (χ3v) is 4.08. The van der Waals surface area contributed by atoms with E-state index >= 15 is 0 Å². The highest BCUT2D eigenvalue weighted by atomic mass is 16.5. The molecule has 2 rings (SSSR count). The van der Waals surface area contributed by atoms with Crippen LogP contribution in [0.2, 0.25) is 0 Å². The quantitative estimate of drug-likeness (QED) is 0.843. The van der Waals surface area contributed by atoms with Crippen molar-refractivity contribution in [1.82, 2.24) is 10.6 Å². The molecular formula is C18H26N2O3. The largest absolute Gasteiger partial charge is 0.376 e. The average molecular weight is 318 g/mol. The van der Waals surface area contributed by atoms with Crippen LogP contribution in [0.15, 0.2) is 24.3 Å². The molecular weight excluding hydrogens is 292 g/mol. The summed E-state index contributed by atoms with van der Waals surface area (Å²) in [5.74, 6) is -0.374. The van der Waals surface area contributed by atoms with Crippen LogP contribution in [0, 0.1) is 12.8 Å². The number of nitrogens with one attached hydrogen (secondary N) is 2. The number of hydrogen-bond donors (Lipinski definition) is 2. The van der Waals surface area contributed by atoms with Crippen LogP contribution in [0.25, 0.3) is 0 Å². The van der Waals surface area contributed by atoms with Crippen molar-refractivity contribution in [3.63, 3.8) is 0 Å². The summed E-state index contributed by atoms with van der Waals surface area (Å²) in [6.07, 6.45) is 2.11. The summed E-state index contributed by atoms with van der Waals surface area (Å²) in [4.78, 5) is 24.7. The summed E-state index contributed by atoms with van der Waals surface area (Å²) < 4.78 is 5.50. The highest BCUT2D eigenvalue weighted by Gasteiger charge is 2.26. The molecule has 1 fully saturated rings. The van der Waals surface area contributed by atoms with Gasteiger partial charge in [0.2, 0.25) is 5.91 Å². The predicted molar refractivity (Wildman–Crippen MR) is 89.3 cm³/mol. The highest BCUT2D eigenvalue weighted by Crippen LogP contribution is 2.11. The van der Waals surface area contributed by atoms with Crippen LogP contribution in [-0.2, 0) is 9.53 Å². The lowest BCUT2D eigenvalue weighted by Crippen LogP contribution is -2.50. The van der Waals surface area contributed by atoms with Crippen molar-refractivity contribution in [2.45, 2.75) is 45.8 Å². The summed E-state index contributed by atoms with van der Waals surface area (Å²) in [5, 5.41) is 5.73. The first-order chi connectivity index (χ1) is 11.0. The number of rotatable bonds is 6. The van der Waals surface area contributed by atoms with E-state index in [9.17, 15) is 9.59 Å². The summed E-state index contributed by atoms with van der Waals surface area (Å²) in [6.45, 7) is 7.08. The molecule has 0 aliphatic carbocycles. The predicted octanol–water partition coefficient (Wildman–Crippen LogP) is 2.04. The Labute approximate surface area is 137 Å². The lowest BCUT2D eigenvalue weighted by atomic mass is 10.0. The van der Waals surface area contributed by atoms with Gasteiger partial charge in [-0.3, -0.25) is 9.59 Å². The molecule has 0 saturated carbocycles. The molecule has 1 heterocycles. The Balaban J connectivity index is 1.92. The first kappa shape index (κ1) is 17.5. The number of carbonyl (C=O) groups is 2. The topological polar surface area (TPSA) is 67.4 Å². The average Bonchev–Trinajstić information content (AvgIpc) is 3.03. The van der Waals surface area contributed by atoms with Gasteiger partial charge < -0.3 is 15.4 Å². The van der Waals surface area contributed by atoms with Crippen molar-refractivity contribution in [3.8, 4) is 0 Å². The van der Waals surface area contributed by atoms with Crippen LogP contribution >= 0.6 is 0 Å². The summed E-state index contributed by atoms with van der Waals surface area (Å²) >= 11 is 0. The lowest BCUT2D eigenvalue weighted by Gasteiger charge is -2.22. The van der Waals surface area contributed by atoms with Crippen LogP contribution < -0.4 is 10.6 Å². The van der Waals surface area contributed by atoms with Gasteiger partial charge in [-0.05, 0) is 37.8 Å². The van der Waals surface area contributed by atoms with Crippen molar-refractivity contribution in [2.24, 2.45) is 5.92 Å². The fraction of sp³-hybridized carbons (Fsp3) is 0.556. The molecule has 1 saturated heterocycles. The number of carbonyl (C=O) groups excluding carboxylic acids is 2. The molecule has 2 amide bonds. The third-order valence-electron chi connectivity index (χ3n) is 4.08. The molecule has 5 heteroatoms. The van der Waals surface area contributed by atoms with Gasteiger partial charge in [0.1, 0.15) is 6.04 Å². The molecule has 1 aromatic carbocycles. The van der Waals surface area contributed by atoms with Gasteiger partial charge in [0, 0.05) is 18.7 Å². The Morgan fingerprint density at radius 1 is 1.26 bits per heavy atom. The van der Waals surface area contributed by atoms with Crippen molar-refractivity contribution in [3.05, 3.63) is 35.4 Å². The fourth-order valence-corrected chi connectivity index (χ4v) is 2.59. The molecule has 5 nitrogen and oxygen atoms in total. The van der Waals surface area contributed by atoms with Gasteiger partial charge in [0.15, 0.2) is 0 Å². The van der Waals surface area contributed by atoms with Gasteiger partial charge in [0.25, 0.3) is 5.91 Å². The highest BCUT2D eigenvalue weighted by molar-refractivity contribution is 5.97. The molecule has 0 aromatic heterocycles. The molecule has 1 aliphatic rings. The van der Waals surface area contributed by atoms with E-state index in [0.717, 1.165) is 25.0 Å². The van der Waals surface area contributed by atoms with Crippen molar-refractivity contribution < 1.29 is 14.3 Å². The van der Waals surface area contributed by atoms with Crippen LogP contribution in [0.3, 0.4) is 0 Å². The number of hydrogen-bond acceptors (Lipinski definition) is 3. The zero-order valence-corrected chi connectivity index (χ0v) is 14.1. The Hall–Kier alpha value is -1.88. The van der Waals surface area contributed by atoms with Crippen molar-refractivity contribution in [2.75, 3.05) is 13.2 Å². The fourth-order valence-electron chi connectivity index (χ4n) is 2.59. The molecule has 1 aliphatic heterocycles. The lowest BCUT2D eigenvalue weighted by molar-refractivity contribution is -0.124. The van der Waals surface area contributed by atoms with E-state index in [1.54, 1.807) is 12.1 Å². The van der Waals surface area contributed by atoms with Crippen LogP contribution in [0.1, 0.15) is 42.6 Å². The minimum absolute atomic E-state index is 0.00824. The minimum Gasteiger partial charge on any atom is -0.376 e. The number of aryl methyl sites for hydroxylation is 1. The molecule has 2 atom stereocenters. The molecule has 2 N–H and O–H groups in total. The first-order valence-electron chi connectivity index (χ1n) is 8.24. The van der Waals surface area contributed by atoms with Gasteiger partial charge in [-0.2, -0.15) is 0 Å². The van der Waals surface area contributed by atoms with E-state index in [4.69, 9.17) is 4.74 Å². The first-order valence-corrected chi connectivity index (χ1v) is 8.24. The second-order valence-electron chi connectivity index (χ2n) is 6.44. The molecule has 0 unspecified atom stereocenters. The van der Waals surface area contributed by atoms with E-state index in [2.05, 4.69) is 10.6 Å². The Morgan fingerprint density at radius 2 is 1.96 bits per heavy atom. The maximum atomic E-state index is 12.4. The smallest absolute Gasteiger partial charge is 0.251 e. The van der Waals surface area contributed by atoms with E-state index in [1.165, 1.54) is 0 Å². The summed E-state index contributed by atoms with van der Waals surface area (Å²) in [5.41, 5.74) is 1.66. The van der Waals surface area contributed by atoms with Gasteiger partial charge in [-0.1, -0.05) is 31.5 Å². The maximum Gasteiger partial charge on any atom is 0.251 e. The zero-order valence-electron chi connectivity index (χ0n) is 14.1. The molecule has 0 bridgehead atoms. The molecule has 0 spiro atoms. The van der Waals surface area contributed by atoms with Crippen LogP contribution in [0.5, 0.6) is 0 Å². The Kier molecular flexibility index (Phi) is 6.16. The number of ether oxygens (including phenoxy) is 1. The normalized spacial score (nSPS) is 18.7. The minimum atomic E-state index is -0.551. The van der Waals surface area contributed by atoms with Gasteiger partial charge in [0.05, 0.1) is 6.10 Å². The maximum absolute atomic E-state index is 12.4. The Morgan fingerprint density at radius 3 is 2.52 bits per heavy atom. The Bertz CT molecular complexity index is 534. The van der Waals surface area contributed by atoms with E-state index in [0.29, 0.717) is 12.1 Å². The van der Waals surface area contributed by atoms with Gasteiger partial charge >= 0.3 is 0 Å². The molecule has 1 aromatic rings. The number of amides is 2. The second kappa shape index (κ2) is 8.11. The van der Waals surface area contributed by atoms with E-state index in [1.807, 2.05) is 32.9 Å². The third kappa shape index (κ3) is 5.06. The number of benzene rings is 1.